The van der Waals surface area contributed by atoms with Crippen molar-refractivity contribution in [2.75, 3.05) is 29.9 Å². The zero-order chi connectivity index (χ0) is 11.8. The number of carbonyl (C=O) groups is 1. The number of para-hydroxylation sites is 1. The third-order valence-corrected chi connectivity index (χ3v) is 3.57. The molecule has 17 heavy (non-hydrogen) atoms. The number of carbonyl (C=O) groups excluding carboxylic acids is 1. The molecular weight excluding hydrogens is 214 g/mol. The zero-order valence-electron chi connectivity index (χ0n) is 9.99. The normalized spacial score (nSPS) is 23.5. The molecule has 2 aliphatic heterocycles. The van der Waals surface area contributed by atoms with Gasteiger partial charge in [0.25, 0.3) is 0 Å². The molecule has 2 heterocycles. The Morgan fingerprint density at radius 1 is 1.41 bits per heavy atom. The van der Waals surface area contributed by atoms with Crippen molar-refractivity contribution in [2.45, 2.75) is 19.4 Å². The Balaban J connectivity index is 2.10. The number of hydrogen-bond acceptors (Lipinski definition) is 3. The van der Waals surface area contributed by atoms with Crippen LogP contribution in [0.25, 0.3) is 0 Å². The lowest BCUT2D eigenvalue weighted by molar-refractivity contribution is -0.116. The zero-order valence-corrected chi connectivity index (χ0v) is 9.99. The van der Waals surface area contributed by atoms with E-state index in [1.54, 1.807) is 0 Å². The molecule has 1 saturated heterocycles. The Morgan fingerprint density at radius 3 is 3.18 bits per heavy atom. The van der Waals surface area contributed by atoms with E-state index >= 15 is 0 Å². The fourth-order valence-corrected chi connectivity index (χ4v) is 2.79. The quantitative estimate of drug-likeness (QED) is 0.703. The molecule has 1 atom stereocenters. The first-order valence-corrected chi connectivity index (χ1v) is 6.12. The summed E-state index contributed by atoms with van der Waals surface area (Å²) in [6, 6.07) is 6.38. The van der Waals surface area contributed by atoms with Crippen molar-refractivity contribution in [3.05, 3.63) is 23.8 Å². The van der Waals surface area contributed by atoms with Gasteiger partial charge in [-0.05, 0) is 18.6 Å². The van der Waals surface area contributed by atoms with Gasteiger partial charge in [-0.2, -0.15) is 0 Å². The fourth-order valence-electron chi connectivity index (χ4n) is 2.79. The Kier molecular flexibility index (Phi) is 2.52. The number of anilines is 2. The van der Waals surface area contributed by atoms with Gasteiger partial charge in [0.1, 0.15) is 0 Å². The van der Waals surface area contributed by atoms with Crippen molar-refractivity contribution in [1.29, 1.82) is 0 Å². The van der Waals surface area contributed by atoms with E-state index in [2.05, 4.69) is 28.5 Å². The SMILES string of the molecule is Cc1cccc2c1N1CCNCC1CC(=O)N2. The summed E-state index contributed by atoms with van der Waals surface area (Å²) in [5.41, 5.74) is 3.39. The van der Waals surface area contributed by atoms with E-state index in [9.17, 15) is 4.79 Å². The second-order valence-corrected chi connectivity index (χ2v) is 4.77. The van der Waals surface area contributed by atoms with Crippen LogP contribution < -0.4 is 15.5 Å². The van der Waals surface area contributed by atoms with E-state index in [1.807, 2.05) is 12.1 Å². The van der Waals surface area contributed by atoms with E-state index in [0.29, 0.717) is 6.42 Å². The van der Waals surface area contributed by atoms with Crippen LogP contribution in [-0.2, 0) is 4.79 Å². The van der Waals surface area contributed by atoms with E-state index in [4.69, 9.17) is 0 Å². The molecule has 3 rings (SSSR count). The average Bonchev–Trinajstić information content (AvgIpc) is 2.44. The Labute approximate surface area is 101 Å². The molecule has 4 heteroatoms. The molecule has 0 bridgehead atoms. The van der Waals surface area contributed by atoms with Crippen molar-refractivity contribution in [3.8, 4) is 0 Å². The van der Waals surface area contributed by atoms with Crippen molar-refractivity contribution in [3.63, 3.8) is 0 Å². The lowest BCUT2D eigenvalue weighted by Crippen LogP contribution is -2.51. The van der Waals surface area contributed by atoms with E-state index in [0.717, 1.165) is 25.3 Å². The van der Waals surface area contributed by atoms with Gasteiger partial charge in [-0.15, -0.1) is 0 Å². The highest BCUT2D eigenvalue weighted by Gasteiger charge is 2.30. The molecule has 2 aliphatic rings. The number of nitrogens with zero attached hydrogens (tertiary/aromatic N) is 1. The number of amides is 1. The number of fused-ring (bicyclic) bond motifs is 3. The van der Waals surface area contributed by atoms with Gasteiger partial charge >= 0.3 is 0 Å². The van der Waals surface area contributed by atoms with Crippen LogP contribution in [0.5, 0.6) is 0 Å². The maximum atomic E-state index is 11.8. The van der Waals surface area contributed by atoms with Gasteiger partial charge < -0.3 is 15.5 Å². The predicted octanol–water partition coefficient (Wildman–Crippen LogP) is 1.12. The van der Waals surface area contributed by atoms with Gasteiger partial charge in [-0.25, -0.2) is 0 Å². The molecule has 90 valence electrons. The van der Waals surface area contributed by atoms with Crippen molar-refractivity contribution in [1.82, 2.24) is 5.32 Å². The molecule has 0 radical (unpaired) electrons. The molecule has 1 fully saturated rings. The van der Waals surface area contributed by atoms with Crippen LogP contribution in [-0.4, -0.2) is 31.6 Å². The van der Waals surface area contributed by atoms with E-state index in [1.165, 1.54) is 11.3 Å². The van der Waals surface area contributed by atoms with Crippen LogP contribution in [0, 0.1) is 6.92 Å². The van der Waals surface area contributed by atoms with E-state index in [-0.39, 0.29) is 11.9 Å². The third kappa shape index (κ3) is 1.78. The highest BCUT2D eigenvalue weighted by molar-refractivity contribution is 5.97. The monoisotopic (exact) mass is 231 g/mol. The molecule has 4 nitrogen and oxygen atoms in total. The summed E-state index contributed by atoms with van der Waals surface area (Å²) >= 11 is 0. The summed E-state index contributed by atoms with van der Waals surface area (Å²) in [6.45, 7) is 4.95. The topological polar surface area (TPSA) is 44.4 Å². The summed E-state index contributed by atoms with van der Waals surface area (Å²) in [4.78, 5) is 14.2. The molecule has 0 aromatic heterocycles. The number of aryl methyl sites for hydroxylation is 1. The van der Waals surface area contributed by atoms with Gasteiger partial charge in [0.2, 0.25) is 5.91 Å². The van der Waals surface area contributed by atoms with Crippen molar-refractivity contribution >= 4 is 17.3 Å². The summed E-state index contributed by atoms with van der Waals surface area (Å²) < 4.78 is 0. The number of nitrogens with one attached hydrogen (secondary N) is 2. The maximum Gasteiger partial charge on any atom is 0.226 e. The molecule has 1 aromatic rings. The first-order chi connectivity index (χ1) is 8.25. The van der Waals surface area contributed by atoms with Crippen LogP contribution in [0.1, 0.15) is 12.0 Å². The Hall–Kier alpha value is -1.55. The highest BCUT2D eigenvalue weighted by atomic mass is 16.1. The minimum Gasteiger partial charge on any atom is -0.364 e. The van der Waals surface area contributed by atoms with Crippen molar-refractivity contribution < 1.29 is 4.79 Å². The second kappa shape index (κ2) is 4.04. The summed E-state index contributed by atoms with van der Waals surface area (Å²) in [7, 11) is 0. The van der Waals surface area contributed by atoms with Crippen LogP contribution >= 0.6 is 0 Å². The smallest absolute Gasteiger partial charge is 0.226 e. The minimum atomic E-state index is 0.119. The third-order valence-electron chi connectivity index (χ3n) is 3.57. The number of benzene rings is 1. The van der Waals surface area contributed by atoms with Gasteiger partial charge in [0.05, 0.1) is 17.4 Å². The van der Waals surface area contributed by atoms with Crippen LogP contribution in [0.15, 0.2) is 18.2 Å². The molecule has 0 aliphatic carbocycles. The lowest BCUT2D eigenvalue weighted by Gasteiger charge is -2.37. The number of hydrogen-bond donors (Lipinski definition) is 2. The standard InChI is InChI=1S/C13H17N3O/c1-9-3-2-4-11-13(9)16-6-5-14-8-10(16)7-12(17)15-11/h2-4,10,14H,5-8H2,1H3,(H,15,17). The molecule has 2 N–H and O–H groups in total. The minimum absolute atomic E-state index is 0.119. The Bertz CT molecular complexity index is 458. The number of rotatable bonds is 0. The van der Waals surface area contributed by atoms with Crippen molar-refractivity contribution in [2.24, 2.45) is 0 Å². The first-order valence-electron chi connectivity index (χ1n) is 6.12. The fraction of sp³-hybridized carbons (Fsp3) is 0.462. The molecule has 0 saturated carbocycles. The van der Waals surface area contributed by atoms with Gasteiger partial charge in [-0.1, -0.05) is 12.1 Å². The largest absolute Gasteiger partial charge is 0.364 e. The molecule has 0 spiro atoms. The van der Waals surface area contributed by atoms with Crippen LogP contribution in [0.2, 0.25) is 0 Å². The highest BCUT2D eigenvalue weighted by Crippen LogP contribution is 2.34. The summed E-state index contributed by atoms with van der Waals surface area (Å²) in [5.74, 6) is 0.119. The number of piperazine rings is 1. The Morgan fingerprint density at radius 2 is 2.29 bits per heavy atom. The molecule has 1 unspecified atom stereocenters. The van der Waals surface area contributed by atoms with Gasteiger partial charge in [-0.3, -0.25) is 4.79 Å². The lowest BCUT2D eigenvalue weighted by atomic mass is 10.1. The second-order valence-electron chi connectivity index (χ2n) is 4.77. The molecule has 1 aromatic carbocycles. The van der Waals surface area contributed by atoms with Gasteiger partial charge in [0, 0.05) is 26.1 Å². The van der Waals surface area contributed by atoms with Gasteiger partial charge in [0.15, 0.2) is 0 Å². The average molecular weight is 231 g/mol. The predicted molar refractivity (Wildman–Crippen MR) is 68.4 cm³/mol. The van der Waals surface area contributed by atoms with Crippen LogP contribution in [0.4, 0.5) is 11.4 Å². The first kappa shape index (κ1) is 10.6. The molecular formula is C13H17N3O. The van der Waals surface area contributed by atoms with E-state index < -0.39 is 0 Å². The summed E-state index contributed by atoms with van der Waals surface area (Å²) in [5, 5.41) is 6.37. The maximum absolute atomic E-state index is 11.8. The molecule has 1 amide bonds. The summed E-state index contributed by atoms with van der Waals surface area (Å²) in [6.07, 6.45) is 0.571. The van der Waals surface area contributed by atoms with Crippen LogP contribution in [0.3, 0.4) is 0 Å².